The number of thiophene rings is 1. The normalized spacial score (nSPS) is 14.8. The SMILES string of the molecule is CC(C)C(=O)Nc1sc2c(c1C(=O)O[C@H](C)C(=O)NCc1ccc3c(c1)OCO3)CCC2. The Bertz CT molecular complexity index is 1060. The van der Waals surface area contributed by atoms with Crippen molar-refractivity contribution < 1.29 is 28.6 Å². The number of esters is 1. The van der Waals surface area contributed by atoms with Crippen LogP contribution in [0.25, 0.3) is 0 Å². The second-order valence-electron chi connectivity index (χ2n) is 8.16. The summed E-state index contributed by atoms with van der Waals surface area (Å²) in [6.45, 7) is 5.57. The molecule has 2 aliphatic rings. The van der Waals surface area contributed by atoms with Crippen LogP contribution in [0.4, 0.5) is 5.00 Å². The van der Waals surface area contributed by atoms with Crippen LogP contribution in [0, 0.1) is 5.92 Å². The first-order valence-electron chi connectivity index (χ1n) is 10.7. The van der Waals surface area contributed by atoms with Crippen molar-refractivity contribution in [3.63, 3.8) is 0 Å². The van der Waals surface area contributed by atoms with Crippen LogP contribution in [0.15, 0.2) is 18.2 Å². The molecular formula is C23H26N2O6S. The fraction of sp³-hybridized carbons (Fsp3) is 0.435. The van der Waals surface area contributed by atoms with E-state index in [0.717, 1.165) is 35.3 Å². The summed E-state index contributed by atoms with van der Waals surface area (Å²) in [5, 5.41) is 6.13. The van der Waals surface area contributed by atoms with Crippen molar-refractivity contribution in [3.8, 4) is 11.5 Å². The molecule has 9 heteroatoms. The average molecular weight is 459 g/mol. The highest BCUT2D eigenvalue weighted by molar-refractivity contribution is 7.17. The molecule has 1 aliphatic carbocycles. The van der Waals surface area contributed by atoms with Crippen molar-refractivity contribution in [2.75, 3.05) is 12.1 Å². The maximum Gasteiger partial charge on any atom is 0.342 e. The average Bonchev–Trinajstić information content (AvgIpc) is 3.46. The van der Waals surface area contributed by atoms with E-state index in [1.165, 1.54) is 18.3 Å². The standard InChI is InChI=1S/C23H26N2O6S/c1-12(2)20(26)25-22-19(15-5-4-6-18(15)32-22)23(28)31-13(3)21(27)24-10-14-7-8-16-17(9-14)30-11-29-16/h7-9,12-13H,4-6,10-11H2,1-3H3,(H,24,27)(H,25,26)/t13-/m1/s1. The first-order chi connectivity index (χ1) is 15.3. The molecule has 2 aromatic rings. The van der Waals surface area contributed by atoms with Gasteiger partial charge in [-0.1, -0.05) is 19.9 Å². The second-order valence-corrected chi connectivity index (χ2v) is 9.26. The molecule has 8 nitrogen and oxygen atoms in total. The van der Waals surface area contributed by atoms with Gasteiger partial charge in [0.1, 0.15) is 5.00 Å². The van der Waals surface area contributed by atoms with Gasteiger partial charge in [0.15, 0.2) is 17.6 Å². The molecule has 1 aliphatic heterocycles. The maximum atomic E-state index is 13.0. The number of aryl methyl sites for hydroxylation is 1. The van der Waals surface area contributed by atoms with Gasteiger partial charge >= 0.3 is 5.97 Å². The number of amides is 2. The molecule has 2 amide bonds. The number of anilines is 1. The molecule has 0 radical (unpaired) electrons. The number of hydrogen-bond acceptors (Lipinski definition) is 7. The van der Waals surface area contributed by atoms with Crippen molar-refractivity contribution >= 4 is 34.1 Å². The smallest absolute Gasteiger partial charge is 0.342 e. The van der Waals surface area contributed by atoms with E-state index in [4.69, 9.17) is 14.2 Å². The number of carbonyl (C=O) groups is 3. The molecule has 2 heterocycles. The number of rotatable bonds is 7. The highest BCUT2D eigenvalue weighted by Crippen LogP contribution is 2.40. The summed E-state index contributed by atoms with van der Waals surface area (Å²) in [7, 11) is 0. The van der Waals surface area contributed by atoms with E-state index in [0.29, 0.717) is 22.1 Å². The number of benzene rings is 1. The molecule has 4 rings (SSSR count). The maximum absolute atomic E-state index is 13.0. The van der Waals surface area contributed by atoms with Gasteiger partial charge in [0.25, 0.3) is 5.91 Å². The van der Waals surface area contributed by atoms with Crippen LogP contribution in [0.3, 0.4) is 0 Å². The Morgan fingerprint density at radius 3 is 2.66 bits per heavy atom. The number of hydrogen-bond donors (Lipinski definition) is 2. The lowest BCUT2D eigenvalue weighted by Gasteiger charge is -2.15. The van der Waals surface area contributed by atoms with Crippen molar-refractivity contribution in [1.29, 1.82) is 0 Å². The van der Waals surface area contributed by atoms with Gasteiger partial charge in [-0.2, -0.15) is 0 Å². The lowest BCUT2D eigenvalue weighted by Crippen LogP contribution is -2.35. The summed E-state index contributed by atoms with van der Waals surface area (Å²) in [6.07, 6.45) is 1.62. The van der Waals surface area contributed by atoms with E-state index in [1.54, 1.807) is 26.0 Å². The van der Waals surface area contributed by atoms with Gasteiger partial charge in [-0.05, 0) is 49.4 Å². The molecule has 0 spiro atoms. The molecule has 0 unspecified atom stereocenters. The van der Waals surface area contributed by atoms with Crippen LogP contribution in [0.2, 0.25) is 0 Å². The van der Waals surface area contributed by atoms with Crippen molar-refractivity contribution in [3.05, 3.63) is 39.8 Å². The summed E-state index contributed by atoms with van der Waals surface area (Å²) in [5.41, 5.74) is 2.15. The summed E-state index contributed by atoms with van der Waals surface area (Å²) in [6, 6.07) is 5.43. The third-order valence-corrected chi connectivity index (χ3v) is 6.65. The Hall–Kier alpha value is -3.07. The summed E-state index contributed by atoms with van der Waals surface area (Å²) < 4.78 is 16.1. The zero-order valence-corrected chi connectivity index (χ0v) is 19.1. The molecule has 2 N–H and O–H groups in total. The summed E-state index contributed by atoms with van der Waals surface area (Å²) >= 11 is 1.42. The summed E-state index contributed by atoms with van der Waals surface area (Å²) in [5.74, 6) is -0.0560. The van der Waals surface area contributed by atoms with Crippen molar-refractivity contribution in [1.82, 2.24) is 5.32 Å². The molecule has 0 bridgehead atoms. The highest BCUT2D eigenvalue weighted by Gasteiger charge is 2.30. The number of nitrogens with one attached hydrogen (secondary N) is 2. The lowest BCUT2D eigenvalue weighted by molar-refractivity contribution is -0.129. The molecule has 0 saturated carbocycles. The largest absolute Gasteiger partial charge is 0.454 e. The van der Waals surface area contributed by atoms with Gasteiger partial charge in [0.05, 0.1) is 5.56 Å². The van der Waals surface area contributed by atoms with E-state index in [9.17, 15) is 14.4 Å². The Morgan fingerprint density at radius 1 is 1.09 bits per heavy atom. The van der Waals surface area contributed by atoms with Crippen molar-refractivity contribution in [2.24, 2.45) is 5.92 Å². The minimum Gasteiger partial charge on any atom is -0.454 e. The zero-order valence-electron chi connectivity index (χ0n) is 18.3. The van der Waals surface area contributed by atoms with Gasteiger partial charge in [-0.15, -0.1) is 11.3 Å². The third-order valence-electron chi connectivity index (χ3n) is 5.44. The number of ether oxygens (including phenoxy) is 3. The van der Waals surface area contributed by atoms with Crippen LogP contribution in [-0.2, 0) is 33.7 Å². The number of fused-ring (bicyclic) bond motifs is 2. The van der Waals surface area contributed by atoms with Gasteiger partial charge in [0, 0.05) is 17.3 Å². The highest BCUT2D eigenvalue weighted by atomic mass is 32.1. The lowest BCUT2D eigenvalue weighted by atomic mass is 10.1. The molecule has 170 valence electrons. The monoisotopic (exact) mass is 458 g/mol. The first kappa shape index (κ1) is 22.1. The van der Waals surface area contributed by atoms with Crippen LogP contribution in [-0.4, -0.2) is 30.7 Å². The van der Waals surface area contributed by atoms with Gasteiger partial charge in [-0.25, -0.2) is 4.79 Å². The molecule has 1 aromatic carbocycles. The Kier molecular flexibility index (Phi) is 6.36. The zero-order chi connectivity index (χ0) is 22.8. The van der Waals surface area contributed by atoms with E-state index >= 15 is 0 Å². The Morgan fingerprint density at radius 2 is 1.88 bits per heavy atom. The topological polar surface area (TPSA) is 103 Å². The molecule has 0 saturated heterocycles. The quantitative estimate of drug-likeness (QED) is 0.617. The number of carbonyl (C=O) groups excluding carboxylic acids is 3. The van der Waals surface area contributed by atoms with Crippen LogP contribution < -0.4 is 20.1 Å². The first-order valence-corrected chi connectivity index (χ1v) is 11.5. The minimum atomic E-state index is -0.984. The summed E-state index contributed by atoms with van der Waals surface area (Å²) in [4.78, 5) is 38.8. The van der Waals surface area contributed by atoms with E-state index in [-0.39, 0.29) is 25.2 Å². The van der Waals surface area contributed by atoms with Gasteiger partial charge in [-0.3, -0.25) is 9.59 Å². The van der Waals surface area contributed by atoms with Crippen LogP contribution in [0.1, 0.15) is 53.6 Å². The fourth-order valence-corrected chi connectivity index (χ4v) is 4.90. The van der Waals surface area contributed by atoms with E-state index in [1.807, 2.05) is 6.07 Å². The van der Waals surface area contributed by atoms with E-state index in [2.05, 4.69) is 10.6 Å². The Balaban J connectivity index is 1.40. The van der Waals surface area contributed by atoms with E-state index < -0.39 is 18.0 Å². The van der Waals surface area contributed by atoms with Crippen LogP contribution in [0.5, 0.6) is 11.5 Å². The predicted molar refractivity (Wildman–Crippen MR) is 119 cm³/mol. The molecule has 1 atom stereocenters. The second kappa shape index (κ2) is 9.20. The third kappa shape index (κ3) is 4.57. The van der Waals surface area contributed by atoms with Crippen molar-refractivity contribution in [2.45, 2.75) is 52.7 Å². The Labute approximate surface area is 190 Å². The minimum absolute atomic E-state index is 0.159. The fourth-order valence-electron chi connectivity index (χ4n) is 3.62. The molecule has 0 fully saturated rings. The van der Waals surface area contributed by atoms with Crippen LogP contribution >= 0.6 is 11.3 Å². The molecular weight excluding hydrogens is 432 g/mol. The predicted octanol–water partition coefficient (Wildman–Crippen LogP) is 3.42. The van der Waals surface area contributed by atoms with Gasteiger partial charge in [0.2, 0.25) is 12.7 Å². The molecule has 1 aromatic heterocycles. The van der Waals surface area contributed by atoms with Gasteiger partial charge < -0.3 is 24.8 Å². The molecule has 32 heavy (non-hydrogen) atoms.